The van der Waals surface area contributed by atoms with Gasteiger partial charge in [-0.15, -0.1) is 10.2 Å². The average molecular weight is 294 g/mol. The van der Waals surface area contributed by atoms with E-state index in [1.54, 1.807) is 0 Å². The number of benzene rings is 1. The van der Waals surface area contributed by atoms with E-state index in [0.717, 1.165) is 34.6 Å². The van der Waals surface area contributed by atoms with Crippen LogP contribution in [0.4, 0.5) is 11.5 Å². The zero-order chi connectivity index (χ0) is 15.5. The molecule has 0 bridgehead atoms. The van der Waals surface area contributed by atoms with E-state index in [-0.39, 0.29) is 6.61 Å². The van der Waals surface area contributed by atoms with Gasteiger partial charge in [-0.3, -0.25) is 4.40 Å². The molecular weight excluding hydrogens is 276 g/mol. The highest BCUT2D eigenvalue weighted by molar-refractivity contribution is 5.53. The summed E-state index contributed by atoms with van der Waals surface area (Å²) in [5.74, 6) is 0.691. The molecule has 0 unspecified atom stereocenters. The molecule has 22 heavy (non-hydrogen) atoms. The molecule has 112 valence electrons. The Balaban J connectivity index is 2.06. The number of hydrogen-bond acceptors (Lipinski definition) is 4. The minimum Gasteiger partial charge on any atom is -0.392 e. The van der Waals surface area contributed by atoms with Crippen LogP contribution < -0.4 is 0 Å². The third-order valence-electron chi connectivity index (χ3n) is 3.63. The lowest BCUT2D eigenvalue weighted by Gasteiger charge is -2.02. The van der Waals surface area contributed by atoms with Crippen LogP contribution in [0.5, 0.6) is 0 Å². The van der Waals surface area contributed by atoms with Gasteiger partial charge in [0.25, 0.3) is 0 Å². The Morgan fingerprint density at radius 3 is 2.73 bits per heavy atom. The van der Waals surface area contributed by atoms with E-state index in [2.05, 4.69) is 28.2 Å². The highest BCUT2D eigenvalue weighted by Crippen LogP contribution is 2.26. The van der Waals surface area contributed by atoms with Crippen molar-refractivity contribution in [2.24, 2.45) is 10.2 Å². The summed E-state index contributed by atoms with van der Waals surface area (Å²) < 4.78 is 1.86. The summed E-state index contributed by atoms with van der Waals surface area (Å²) in [5.41, 5.74) is 4.46. The second kappa shape index (κ2) is 6.07. The zero-order valence-corrected chi connectivity index (χ0v) is 12.7. The molecule has 5 heteroatoms. The van der Waals surface area contributed by atoms with E-state index >= 15 is 0 Å². The second-order valence-corrected chi connectivity index (χ2v) is 5.13. The molecule has 0 saturated heterocycles. The molecule has 0 amide bonds. The highest BCUT2D eigenvalue weighted by Gasteiger charge is 2.09. The molecule has 0 aliphatic heterocycles. The van der Waals surface area contributed by atoms with Crippen molar-refractivity contribution in [3.8, 4) is 0 Å². The number of aliphatic hydroxyl groups is 1. The van der Waals surface area contributed by atoms with Gasteiger partial charge in [-0.25, -0.2) is 4.98 Å². The molecule has 0 atom stereocenters. The van der Waals surface area contributed by atoms with E-state index < -0.39 is 0 Å². The number of fused-ring (bicyclic) bond motifs is 1. The monoisotopic (exact) mass is 294 g/mol. The van der Waals surface area contributed by atoms with Crippen molar-refractivity contribution in [3.63, 3.8) is 0 Å². The fourth-order valence-electron chi connectivity index (χ4n) is 2.42. The van der Waals surface area contributed by atoms with Crippen LogP contribution in [0, 0.1) is 6.92 Å². The quantitative estimate of drug-likeness (QED) is 0.736. The van der Waals surface area contributed by atoms with E-state index in [1.807, 2.05) is 47.9 Å². The number of pyridine rings is 1. The van der Waals surface area contributed by atoms with Crippen molar-refractivity contribution in [1.82, 2.24) is 9.38 Å². The summed E-state index contributed by atoms with van der Waals surface area (Å²) in [6, 6.07) is 11.7. The second-order valence-electron chi connectivity index (χ2n) is 5.13. The summed E-state index contributed by atoms with van der Waals surface area (Å²) in [6.07, 6.45) is 2.76. The van der Waals surface area contributed by atoms with Crippen LogP contribution in [0.3, 0.4) is 0 Å². The van der Waals surface area contributed by atoms with Crippen molar-refractivity contribution >= 4 is 17.2 Å². The molecule has 3 aromatic rings. The standard InChI is InChI=1S/C17H18N4O/c1-3-14-6-4-5-7-15(14)19-20-17-12(2)18-16-9-8-13(11-22)10-21(16)17/h4-10,22H,3,11H2,1-2H3. The molecule has 0 spiro atoms. The van der Waals surface area contributed by atoms with Gasteiger partial charge in [0.1, 0.15) is 5.65 Å². The van der Waals surface area contributed by atoms with Crippen molar-refractivity contribution < 1.29 is 5.11 Å². The summed E-state index contributed by atoms with van der Waals surface area (Å²) in [6.45, 7) is 4.00. The molecule has 0 aliphatic carbocycles. The Morgan fingerprint density at radius 1 is 1.14 bits per heavy atom. The van der Waals surface area contributed by atoms with Crippen molar-refractivity contribution in [1.29, 1.82) is 0 Å². The molecule has 5 nitrogen and oxygen atoms in total. The van der Waals surface area contributed by atoms with Crippen molar-refractivity contribution in [2.75, 3.05) is 0 Å². The first-order valence-electron chi connectivity index (χ1n) is 7.31. The molecule has 1 aromatic carbocycles. The van der Waals surface area contributed by atoms with E-state index in [0.29, 0.717) is 5.82 Å². The molecule has 0 saturated carbocycles. The summed E-state index contributed by atoms with van der Waals surface area (Å²) in [5, 5.41) is 18.1. The predicted octanol–water partition coefficient (Wildman–Crippen LogP) is 4.11. The lowest BCUT2D eigenvalue weighted by atomic mass is 10.1. The first kappa shape index (κ1) is 14.4. The maximum atomic E-state index is 9.28. The van der Waals surface area contributed by atoms with E-state index in [1.165, 1.54) is 0 Å². The number of nitrogens with zero attached hydrogens (tertiary/aromatic N) is 4. The summed E-state index contributed by atoms with van der Waals surface area (Å²) in [7, 11) is 0. The third-order valence-corrected chi connectivity index (χ3v) is 3.63. The molecule has 2 aromatic heterocycles. The lowest BCUT2D eigenvalue weighted by Crippen LogP contribution is -1.89. The van der Waals surface area contributed by atoms with Crippen LogP contribution in [0.25, 0.3) is 5.65 Å². The minimum atomic E-state index is -0.0115. The molecule has 3 rings (SSSR count). The first-order valence-corrected chi connectivity index (χ1v) is 7.31. The average Bonchev–Trinajstić information content (AvgIpc) is 2.87. The minimum absolute atomic E-state index is 0.0115. The number of rotatable bonds is 4. The summed E-state index contributed by atoms with van der Waals surface area (Å²) >= 11 is 0. The topological polar surface area (TPSA) is 62.2 Å². The van der Waals surface area contributed by atoms with Crippen LogP contribution in [0.1, 0.15) is 23.7 Å². The third kappa shape index (κ3) is 2.63. The summed E-state index contributed by atoms with van der Waals surface area (Å²) in [4.78, 5) is 4.47. The molecule has 0 fully saturated rings. The van der Waals surface area contributed by atoms with Gasteiger partial charge >= 0.3 is 0 Å². The zero-order valence-electron chi connectivity index (χ0n) is 12.7. The predicted molar refractivity (Wildman–Crippen MR) is 85.8 cm³/mol. The normalized spacial score (nSPS) is 11.6. The van der Waals surface area contributed by atoms with Crippen LogP contribution in [-0.4, -0.2) is 14.5 Å². The maximum Gasteiger partial charge on any atom is 0.182 e. The number of aliphatic hydroxyl groups excluding tert-OH is 1. The Hall–Kier alpha value is -2.53. The number of imidazole rings is 1. The highest BCUT2D eigenvalue weighted by atomic mass is 16.3. The van der Waals surface area contributed by atoms with Gasteiger partial charge in [-0.1, -0.05) is 31.2 Å². The molecule has 2 heterocycles. The first-order chi connectivity index (χ1) is 10.7. The SMILES string of the molecule is CCc1ccccc1N=Nc1c(C)nc2ccc(CO)cn12. The number of aromatic nitrogens is 2. The van der Waals surface area contributed by atoms with E-state index in [9.17, 15) is 5.11 Å². The number of azo groups is 1. The number of aryl methyl sites for hydroxylation is 2. The van der Waals surface area contributed by atoms with Gasteiger partial charge in [-0.2, -0.15) is 0 Å². The molecular formula is C17H18N4O. The van der Waals surface area contributed by atoms with Crippen LogP contribution >= 0.6 is 0 Å². The van der Waals surface area contributed by atoms with Crippen LogP contribution in [0.15, 0.2) is 52.8 Å². The lowest BCUT2D eigenvalue weighted by molar-refractivity contribution is 0.281. The van der Waals surface area contributed by atoms with Crippen LogP contribution in [0.2, 0.25) is 0 Å². The number of hydrogen-bond donors (Lipinski definition) is 1. The Bertz CT molecular complexity index is 836. The van der Waals surface area contributed by atoms with Gasteiger partial charge in [0, 0.05) is 6.20 Å². The smallest absolute Gasteiger partial charge is 0.182 e. The van der Waals surface area contributed by atoms with Crippen molar-refractivity contribution in [3.05, 3.63) is 59.4 Å². The van der Waals surface area contributed by atoms with Gasteiger partial charge < -0.3 is 5.11 Å². The van der Waals surface area contributed by atoms with Gasteiger partial charge in [0.15, 0.2) is 5.82 Å². The largest absolute Gasteiger partial charge is 0.392 e. The van der Waals surface area contributed by atoms with Gasteiger partial charge in [0.05, 0.1) is 18.0 Å². The maximum absolute atomic E-state index is 9.28. The fraction of sp³-hybridized carbons (Fsp3) is 0.235. The molecule has 1 N–H and O–H groups in total. The Morgan fingerprint density at radius 2 is 1.95 bits per heavy atom. The van der Waals surface area contributed by atoms with Gasteiger partial charge in [-0.05, 0) is 36.6 Å². The Kier molecular flexibility index (Phi) is 3.98. The van der Waals surface area contributed by atoms with E-state index in [4.69, 9.17) is 0 Å². The fourth-order valence-corrected chi connectivity index (χ4v) is 2.42. The van der Waals surface area contributed by atoms with Crippen LogP contribution in [-0.2, 0) is 13.0 Å². The molecule has 0 radical (unpaired) electrons. The Labute approximate surface area is 129 Å². The van der Waals surface area contributed by atoms with Crippen molar-refractivity contribution in [2.45, 2.75) is 26.9 Å². The molecule has 0 aliphatic rings. The van der Waals surface area contributed by atoms with Gasteiger partial charge in [0.2, 0.25) is 0 Å².